The van der Waals surface area contributed by atoms with Crippen molar-refractivity contribution in [3.63, 3.8) is 0 Å². The van der Waals surface area contributed by atoms with E-state index in [1.807, 2.05) is 43.3 Å². The first-order valence-electron chi connectivity index (χ1n) is 8.59. The van der Waals surface area contributed by atoms with Gasteiger partial charge in [0.25, 0.3) is 0 Å². The summed E-state index contributed by atoms with van der Waals surface area (Å²) in [5.74, 6) is 1.09. The predicted octanol–water partition coefficient (Wildman–Crippen LogP) is 5.99. The maximum absolute atomic E-state index is 11.3. The molecule has 0 saturated carbocycles. The van der Waals surface area contributed by atoms with Crippen LogP contribution in [0.4, 0.5) is 0 Å². The van der Waals surface area contributed by atoms with Crippen LogP contribution < -0.4 is 4.74 Å². The van der Waals surface area contributed by atoms with Crippen LogP contribution in [0.15, 0.2) is 48.5 Å². The summed E-state index contributed by atoms with van der Waals surface area (Å²) in [7, 11) is 0. The van der Waals surface area contributed by atoms with Crippen molar-refractivity contribution in [3.8, 4) is 22.1 Å². The maximum atomic E-state index is 11.3. The molecule has 3 rings (SSSR count). The molecule has 4 nitrogen and oxygen atoms in total. The first-order chi connectivity index (χ1) is 12.5. The van der Waals surface area contributed by atoms with E-state index in [2.05, 4.69) is 31.0 Å². The fraction of sp³-hybridized carbons (Fsp3) is 0.238. The van der Waals surface area contributed by atoms with Gasteiger partial charge in [-0.2, -0.15) is 0 Å². The number of ether oxygens (including phenoxy) is 1. The minimum absolute atomic E-state index is 0.313. The highest BCUT2D eigenvalue weighted by molar-refractivity contribution is 7.17. The quantitative estimate of drug-likeness (QED) is 0.581. The largest absolute Gasteiger partial charge is 0.477 e. The minimum Gasteiger partial charge on any atom is -0.477 e. The van der Waals surface area contributed by atoms with E-state index in [0.717, 1.165) is 17.1 Å². The number of rotatable bonds is 6. The molecular formula is C21H21NO3S. The lowest BCUT2D eigenvalue weighted by Gasteiger charge is -2.09. The van der Waals surface area contributed by atoms with E-state index in [-0.39, 0.29) is 0 Å². The fourth-order valence-corrected chi connectivity index (χ4v) is 3.60. The average Bonchev–Trinajstić information content (AvgIpc) is 3.07. The smallest absolute Gasteiger partial charge is 0.347 e. The van der Waals surface area contributed by atoms with Crippen molar-refractivity contribution in [2.24, 2.45) is 0 Å². The van der Waals surface area contributed by atoms with E-state index < -0.39 is 5.97 Å². The van der Waals surface area contributed by atoms with Gasteiger partial charge in [-0.3, -0.25) is 0 Å². The van der Waals surface area contributed by atoms with Crippen LogP contribution in [0.1, 0.15) is 47.6 Å². The summed E-state index contributed by atoms with van der Waals surface area (Å²) in [6.07, 6.45) is 0.603. The summed E-state index contributed by atoms with van der Waals surface area (Å²) < 4.78 is 5.88. The molecule has 0 fully saturated rings. The zero-order valence-corrected chi connectivity index (χ0v) is 15.8. The summed E-state index contributed by atoms with van der Waals surface area (Å²) >= 11 is 1.21. The number of thiazole rings is 1. The van der Waals surface area contributed by atoms with Crippen LogP contribution in [0.5, 0.6) is 11.5 Å². The van der Waals surface area contributed by atoms with Crippen LogP contribution in [0.25, 0.3) is 10.6 Å². The van der Waals surface area contributed by atoms with Crippen molar-refractivity contribution in [3.05, 3.63) is 64.7 Å². The number of nitrogens with zero attached hydrogens (tertiary/aromatic N) is 1. The molecule has 0 aliphatic carbocycles. The monoisotopic (exact) mass is 367 g/mol. The number of aryl methyl sites for hydroxylation is 1. The van der Waals surface area contributed by atoms with Crippen molar-refractivity contribution in [1.29, 1.82) is 0 Å². The summed E-state index contributed by atoms with van der Waals surface area (Å²) in [5.41, 5.74) is 2.79. The minimum atomic E-state index is -0.921. The van der Waals surface area contributed by atoms with E-state index in [0.29, 0.717) is 27.9 Å². The molecule has 134 valence electrons. The van der Waals surface area contributed by atoms with E-state index in [4.69, 9.17) is 4.74 Å². The Hall–Kier alpha value is -2.66. The van der Waals surface area contributed by atoms with Gasteiger partial charge in [-0.1, -0.05) is 32.9 Å². The zero-order valence-electron chi connectivity index (χ0n) is 15.0. The van der Waals surface area contributed by atoms with E-state index in [9.17, 15) is 9.90 Å². The highest BCUT2D eigenvalue weighted by atomic mass is 32.1. The van der Waals surface area contributed by atoms with Gasteiger partial charge in [0.1, 0.15) is 21.4 Å². The zero-order chi connectivity index (χ0) is 18.7. The topological polar surface area (TPSA) is 59.4 Å². The average molecular weight is 367 g/mol. The third kappa shape index (κ3) is 3.94. The van der Waals surface area contributed by atoms with Crippen LogP contribution in [-0.2, 0) is 6.42 Å². The molecule has 0 spiro atoms. The molecule has 0 amide bonds. The normalized spacial score (nSPS) is 10.9. The van der Waals surface area contributed by atoms with Gasteiger partial charge in [-0.05, 0) is 54.3 Å². The van der Waals surface area contributed by atoms with Crippen molar-refractivity contribution < 1.29 is 14.6 Å². The van der Waals surface area contributed by atoms with Crippen LogP contribution in [-0.4, -0.2) is 16.1 Å². The number of carboxylic acids is 1. The van der Waals surface area contributed by atoms with E-state index in [1.165, 1.54) is 16.9 Å². The predicted molar refractivity (Wildman–Crippen MR) is 104 cm³/mol. The lowest BCUT2D eigenvalue weighted by molar-refractivity contribution is 0.0701. The Balaban J connectivity index is 1.77. The van der Waals surface area contributed by atoms with Crippen LogP contribution in [0, 0.1) is 0 Å². The number of hydrogen-bond acceptors (Lipinski definition) is 4. The Labute approximate surface area is 157 Å². The lowest BCUT2D eigenvalue weighted by Crippen LogP contribution is -1.97. The van der Waals surface area contributed by atoms with Crippen LogP contribution in [0.2, 0.25) is 0 Å². The Kier molecular flexibility index (Phi) is 5.38. The van der Waals surface area contributed by atoms with Gasteiger partial charge >= 0.3 is 5.97 Å². The SMILES string of the molecule is CCc1nc(-c2ccc(Oc3ccc(C(C)C)cc3)cc2)sc1C(=O)O. The van der Waals surface area contributed by atoms with Crippen LogP contribution in [0.3, 0.4) is 0 Å². The second-order valence-corrected chi connectivity index (χ2v) is 7.30. The Morgan fingerprint density at radius 3 is 2.12 bits per heavy atom. The molecule has 0 radical (unpaired) electrons. The fourth-order valence-electron chi connectivity index (χ4n) is 2.60. The third-order valence-electron chi connectivity index (χ3n) is 4.11. The summed E-state index contributed by atoms with van der Waals surface area (Å²) in [6, 6.07) is 15.6. The molecule has 0 saturated heterocycles. The highest BCUT2D eigenvalue weighted by Gasteiger charge is 2.16. The molecule has 0 atom stereocenters. The van der Waals surface area contributed by atoms with Crippen molar-refractivity contribution >= 4 is 17.3 Å². The van der Waals surface area contributed by atoms with Gasteiger partial charge in [0.05, 0.1) is 5.69 Å². The highest BCUT2D eigenvalue weighted by Crippen LogP contribution is 2.31. The molecule has 2 aromatic carbocycles. The van der Waals surface area contributed by atoms with E-state index in [1.54, 1.807) is 0 Å². The van der Waals surface area contributed by atoms with Gasteiger partial charge in [0, 0.05) is 5.56 Å². The van der Waals surface area contributed by atoms with Crippen LogP contribution >= 0.6 is 11.3 Å². The number of benzene rings is 2. The molecule has 26 heavy (non-hydrogen) atoms. The van der Waals surface area contributed by atoms with Gasteiger partial charge in [0.2, 0.25) is 0 Å². The molecule has 0 aliphatic heterocycles. The molecule has 0 aliphatic rings. The second kappa shape index (κ2) is 7.70. The number of carboxylic acid groups (broad SMARTS) is 1. The molecule has 1 aromatic heterocycles. The molecule has 1 heterocycles. The third-order valence-corrected chi connectivity index (χ3v) is 5.24. The standard InChI is InChI=1S/C21H21NO3S/c1-4-18-19(21(23)24)26-20(22-18)15-7-11-17(12-8-15)25-16-9-5-14(6-10-16)13(2)3/h5-13H,4H2,1-3H3,(H,23,24). The molecular weight excluding hydrogens is 346 g/mol. The van der Waals surface area contributed by atoms with E-state index >= 15 is 0 Å². The van der Waals surface area contributed by atoms with Gasteiger partial charge in [-0.25, -0.2) is 9.78 Å². The Morgan fingerprint density at radius 2 is 1.65 bits per heavy atom. The van der Waals surface area contributed by atoms with Gasteiger partial charge in [-0.15, -0.1) is 11.3 Å². The molecule has 1 N–H and O–H groups in total. The first-order valence-corrected chi connectivity index (χ1v) is 9.40. The lowest BCUT2D eigenvalue weighted by atomic mass is 10.0. The second-order valence-electron chi connectivity index (χ2n) is 6.30. The number of aromatic carboxylic acids is 1. The van der Waals surface area contributed by atoms with Gasteiger partial charge in [0.15, 0.2) is 0 Å². The molecule has 3 aromatic rings. The summed E-state index contributed by atoms with van der Waals surface area (Å²) in [5, 5.41) is 9.98. The summed E-state index contributed by atoms with van der Waals surface area (Å²) in [6.45, 7) is 6.23. The first kappa shape index (κ1) is 18.1. The number of carbonyl (C=O) groups is 1. The van der Waals surface area contributed by atoms with Gasteiger partial charge < -0.3 is 9.84 Å². The number of aromatic nitrogens is 1. The maximum Gasteiger partial charge on any atom is 0.347 e. The molecule has 0 unspecified atom stereocenters. The Bertz CT molecular complexity index is 896. The molecule has 5 heteroatoms. The van der Waals surface area contributed by atoms with Crippen molar-refractivity contribution in [2.75, 3.05) is 0 Å². The summed E-state index contributed by atoms with van der Waals surface area (Å²) in [4.78, 5) is 16.1. The molecule has 0 bridgehead atoms. The Morgan fingerprint density at radius 1 is 1.08 bits per heavy atom. The van der Waals surface area contributed by atoms with Crippen molar-refractivity contribution in [2.45, 2.75) is 33.1 Å². The van der Waals surface area contributed by atoms with Crippen molar-refractivity contribution in [1.82, 2.24) is 4.98 Å². The number of hydrogen-bond donors (Lipinski definition) is 1.